The first-order chi connectivity index (χ1) is 16.0. The van der Waals surface area contributed by atoms with Gasteiger partial charge in [-0.25, -0.2) is 23.9 Å². The van der Waals surface area contributed by atoms with Crippen LogP contribution in [0.15, 0.2) is 41.6 Å². The highest BCUT2D eigenvalue weighted by Gasteiger charge is 2.21. The predicted octanol–water partition coefficient (Wildman–Crippen LogP) is 4.22. The molecule has 2 heterocycles. The maximum Gasteiger partial charge on any atom is 0.271 e. The van der Waals surface area contributed by atoms with Gasteiger partial charge in [0.1, 0.15) is 0 Å². The van der Waals surface area contributed by atoms with E-state index in [4.69, 9.17) is 10.5 Å². The molecule has 34 heavy (non-hydrogen) atoms. The number of amides is 1. The van der Waals surface area contributed by atoms with E-state index in [2.05, 4.69) is 20.3 Å². The molecule has 2 aromatic heterocycles. The zero-order valence-electron chi connectivity index (χ0n) is 19.8. The fourth-order valence-electron chi connectivity index (χ4n) is 4.21. The second-order valence-corrected chi connectivity index (χ2v) is 10.6. The third-order valence-electron chi connectivity index (χ3n) is 5.77. The minimum atomic E-state index is -2.87. The van der Waals surface area contributed by atoms with Crippen molar-refractivity contribution in [1.82, 2.24) is 19.5 Å². The van der Waals surface area contributed by atoms with Crippen LogP contribution in [0.3, 0.4) is 0 Å². The predicted molar refractivity (Wildman–Crippen MR) is 134 cm³/mol. The van der Waals surface area contributed by atoms with Crippen molar-refractivity contribution < 1.29 is 9.00 Å². The molecule has 176 valence electrons. The summed E-state index contributed by atoms with van der Waals surface area (Å²) in [6.45, 7) is 7.20. The van der Waals surface area contributed by atoms with Crippen LogP contribution in [-0.4, -0.2) is 35.4 Å². The van der Waals surface area contributed by atoms with Gasteiger partial charge in [0.15, 0.2) is 11.5 Å². The topological polar surface area (TPSA) is 140 Å². The van der Waals surface area contributed by atoms with Crippen LogP contribution in [0, 0.1) is 25.6 Å². The number of nitrogens with zero attached hydrogens (tertiary/aromatic N) is 4. The van der Waals surface area contributed by atoms with Gasteiger partial charge in [0.2, 0.25) is 0 Å². The fraction of sp³-hybridized carbons (Fsp3) is 0.250. The lowest BCUT2D eigenvalue weighted by Gasteiger charge is -2.17. The molecule has 4 aromatic rings. The monoisotopic (exact) mass is 477 g/mol. The Labute approximate surface area is 198 Å². The summed E-state index contributed by atoms with van der Waals surface area (Å²) in [6.07, 6.45) is 1.73. The lowest BCUT2D eigenvalue weighted by atomic mass is 10.1. The largest absolute Gasteiger partial charge is 0.364 e. The van der Waals surface area contributed by atoms with Gasteiger partial charge in [-0.1, -0.05) is 19.1 Å². The van der Waals surface area contributed by atoms with Crippen LogP contribution in [0.25, 0.3) is 22.3 Å². The Kier molecular flexibility index (Phi) is 5.86. The molecule has 0 aliphatic rings. The van der Waals surface area contributed by atoms with E-state index in [1.807, 2.05) is 50.6 Å². The third-order valence-corrected chi connectivity index (χ3v) is 7.89. The molecule has 10 heteroatoms. The number of fused-ring (bicyclic) bond motifs is 1. The fourth-order valence-corrected chi connectivity index (χ4v) is 5.65. The second kappa shape index (κ2) is 8.53. The first-order valence-electron chi connectivity index (χ1n) is 10.8. The molecular weight excluding hydrogens is 450 g/mol. The maximum atomic E-state index is 12.7. The Hall–Kier alpha value is -3.79. The van der Waals surface area contributed by atoms with Crippen molar-refractivity contribution in [3.8, 4) is 11.3 Å². The number of carbonyl (C=O) groups excluding carboxylic acids is 1. The van der Waals surface area contributed by atoms with Gasteiger partial charge in [-0.2, -0.15) is 0 Å². The summed E-state index contributed by atoms with van der Waals surface area (Å²) < 4.78 is 22.8. The summed E-state index contributed by atoms with van der Waals surface area (Å²) in [6, 6.07) is 9.33. The van der Waals surface area contributed by atoms with Gasteiger partial charge in [-0.3, -0.25) is 4.79 Å². The summed E-state index contributed by atoms with van der Waals surface area (Å²) in [5.41, 5.74) is 11.4. The average Bonchev–Trinajstić information content (AvgIpc) is 3.14. The van der Waals surface area contributed by atoms with Crippen LogP contribution in [0.4, 0.5) is 11.5 Å². The minimum absolute atomic E-state index is 0.00534. The molecule has 0 fully saturated rings. The highest BCUT2D eigenvalue weighted by molar-refractivity contribution is 7.92. The highest BCUT2D eigenvalue weighted by atomic mass is 32.2. The average molecular weight is 478 g/mol. The molecule has 0 saturated heterocycles. The minimum Gasteiger partial charge on any atom is -0.364 e. The number of aromatic nitrogens is 4. The van der Waals surface area contributed by atoms with Crippen LogP contribution in [0.1, 0.15) is 34.2 Å². The normalized spacial score (nSPS) is 13.1. The summed E-state index contributed by atoms with van der Waals surface area (Å²) in [5.74, 6) is -0.243. The number of primary amides is 1. The van der Waals surface area contributed by atoms with Crippen LogP contribution < -0.4 is 11.1 Å². The number of carbonyl (C=O) groups is 1. The Morgan fingerprint density at radius 3 is 2.47 bits per heavy atom. The molecule has 2 aromatic carbocycles. The highest BCUT2D eigenvalue weighted by Crippen LogP contribution is 2.31. The van der Waals surface area contributed by atoms with E-state index in [1.165, 1.54) is 0 Å². The summed E-state index contributed by atoms with van der Waals surface area (Å²) in [4.78, 5) is 26.6. The number of nitrogens with two attached hydrogens (primary N) is 1. The van der Waals surface area contributed by atoms with Crippen molar-refractivity contribution in [3.05, 3.63) is 59.2 Å². The Morgan fingerprint density at radius 1 is 1.18 bits per heavy atom. The molecule has 1 atom stereocenters. The third kappa shape index (κ3) is 4.01. The van der Waals surface area contributed by atoms with Gasteiger partial charge in [-0.15, -0.1) is 0 Å². The summed E-state index contributed by atoms with van der Waals surface area (Å²) >= 11 is 0. The van der Waals surface area contributed by atoms with Crippen molar-refractivity contribution in [2.75, 3.05) is 11.1 Å². The number of para-hydroxylation sites is 1. The molecule has 0 radical (unpaired) electrons. The Balaban J connectivity index is 1.82. The number of anilines is 2. The van der Waals surface area contributed by atoms with E-state index in [9.17, 15) is 9.00 Å². The molecule has 4 rings (SSSR count). The summed E-state index contributed by atoms with van der Waals surface area (Å²) in [7, 11) is -0.956. The molecule has 4 N–H and O–H groups in total. The van der Waals surface area contributed by atoms with Crippen LogP contribution in [0.5, 0.6) is 0 Å². The Morgan fingerprint density at radius 2 is 1.85 bits per heavy atom. The van der Waals surface area contributed by atoms with Gasteiger partial charge in [0, 0.05) is 24.1 Å². The zero-order chi connectivity index (χ0) is 24.8. The first-order valence-corrected chi connectivity index (χ1v) is 12.5. The Bertz CT molecular complexity index is 1530. The van der Waals surface area contributed by atoms with E-state index in [0.717, 1.165) is 27.7 Å². The van der Waals surface area contributed by atoms with E-state index in [0.29, 0.717) is 22.0 Å². The quantitative estimate of drug-likeness (QED) is 0.380. The van der Waals surface area contributed by atoms with Crippen LogP contribution >= 0.6 is 0 Å². The number of aryl methyl sites for hydroxylation is 4. The number of rotatable bonds is 6. The lowest BCUT2D eigenvalue weighted by Crippen LogP contribution is -2.18. The van der Waals surface area contributed by atoms with Crippen LogP contribution in [0.2, 0.25) is 0 Å². The van der Waals surface area contributed by atoms with Crippen LogP contribution in [-0.2, 0) is 16.8 Å². The van der Waals surface area contributed by atoms with Gasteiger partial charge in [-0.05, 0) is 50.1 Å². The van der Waals surface area contributed by atoms with Crippen molar-refractivity contribution in [2.24, 2.45) is 12.8 Å². The molecule has 0 aliphatic carbocycles. The van der Waals surface area contributed by atoms with Crippen molar-refractivity contribution in [3.63, 3.8) is 0 Å². The van der Waals surface area contributed by atoms with Gasteiger partial charge < -0.3 is 15.6 Å². The number of nitrogens with one attached hydrogen (secondary N) is 2. The number of benzene rings is 2. The smallest absolute Gasteiger partial charge is 0.271 e. The van der Waals surface area contributed by atoms with Crippen molar-refractivity contribution in [1.29, 1.82) is 4.78 Å². The number of hydrogen-bond acceptors (Lipinski definition) is 7. The molecule has 0 spiro atoms. The molecule has 0 saturated carbocycles. The molecular formula is C24H27N7O2S. The van der Waals surface area contributed by atoms with Crippen molar-refractivity contribution in [2.45, 2.75) is 32.6 Å². The molecule has 0 unspecified atom stereocenters. The van der Waals surface area contributed by atoms with Crippen molar-refractivity contribution >= 4 is 38.2 Å². The van der Waals surface area contributed by atoms with E-state index in [-0.39, 0.29) is 17.3 Å². The second-order valence-electron chi connectivity index (χ2n) is 8.28. The van der Waals surface area contributed by atoms with Gasteiger partial charge in [0.25, 0.3) is 5.91 Å². The van der Waals surface area contributed by atoms with E-state index in [1.54, 1.807) is 25.4 Å². The maximum absolute atomic E-state index is 12.7. The standard InChI is InChI=1S/C24H27N7O2S/c1-6-34(26,33)22-13(2)10-16(11-14(22)3)29-24-21(23(25)32)30-19(15(4)28-24)17-8-7-9-18-20(17)27-12-31(18)5/h7-12,26H,6H2,1-5H3,(H2,25,32)(H,28,29)/t34-/m0/s1. The SMILES string of the molecule is CC[S@](=N)(=O)c1c(C)cc(Nc2nc(C)c(-c3cccc4c3ncn4C)nc2C(N)=O)cc1C. The zero-order valence-corrected chi connectivity index (χ0v) is 20.6. The molecule has 0 aliphatic heterocycles. The molecule has 0 bridgehead atoms. The number of imidazole rings is 1. The lowest BCUT2D eigenvalue weighted by molar-refractivity contribution is 0.0996. The number of hydrogen-bond donors (Lipinski definition) is 3. The summed E-state index contributed by atoms with van der Waals surface area (Å²) in [5, 5.41) is 3.14. The van der Waals surface area contributed by atoms with E-state index < -0.39 is 15.6 Å². The molecule has 9 nitrogen and oxygen atoms in total. The van der Waals surface area contributed by atoms with E-state index >= 15 is 0 Å². The molecule has 1 amide bonds. The first kappa shape index (κ1) is 23.4. The van der Waals surface area contributed by atoms with Gasteiger partial charge in [0.05, 0.1) is 43.4 Å². The van der Waals surface area contributed by atoms with Gasteiger partial charge >= 0.3 is 0 Å².